The maximum absolute atomic E-state index is 11.7. The number of rotatable bonds is 20. The first-order chi connectivity index (χ1) is 15.3. The lowest BCUT2D eigenvalue weighted by molar-refractivity contribution is -0.213. The molecular formula is C24H44O8. The van der Waals surface area contributed by atoms with Gasteiger partial charge in [0.15, 0.2) is 0 Å². The molecule has 8 heteroatoms. The third-order valence-corrected chi connectivity index (χ3v) is 5.16. The number of allylic oxidation sites excluding steroid dienone is 4. The number of aliphatic hydroxyl groups excluding tert-OH is 6. The van der Waals surface area contributed by atoms with E-state index in [-0.39, 0.29) is 6.42 Å². The highest BCUT2D eigenvalue weighted by molar-refractivity contribution is 5.69. The molecule has 6 N–H and O–H groups in total. The molecule has 0 bridgehead atoms. The van der Waals surface area contributed by atoms with Crippen molar-refractivity contribution in [1.82, 2.24) is 0 Å². The van der Waals surface area contributed by atoms with Crippen molar-refractivity contribution < 1.29 is 40.2 Å². The lowest BCUT2D eigenvalue weighted by Gasteiger charge is -2.28. The van der Waals surface area contributed by atoms with Crippen LogP contribution in [0.15, 0.2) is 24.3 Å². The van der Waals surface area contributed by atoms with E-state index in [0.29, 0.717) is 6.42 Å². The Morgan fingerprint density at radius 3 is 1.91 bits per heavy atom. The van der Waals surface area contributed by atoms with Crippen LogP contribution in [0, 0.1) is 0 Å². The van der Waals surface area contributed by atoms with Gasteiger partial charge in [-0.05, 0) is 38.5 Å². The number of esters is 1. The van der Waals surface area contributed by atoms with E-state index in [1.54, 1.807) is 0 Å². The second kappa shape index (κ2) is 20.3. The molecule has 0 aromatic heterocycles. The molecular weight excluding hydrogens is 416 g/mol. The summed E-state index contributed by atoms with van der Waals surface area (Å²) in [7, 11) is 0. The first kappa shape index (κ1) is 30.7. The highest BCUT2D eigenvalue weighted by atomic mass is 16.6. The van der Waals surface area contributed by atoms with Crippen LogP contribution in [0.25, 0.3) is 0 Å². The zero-order valence-corrected chi connectivity index (χ0v) is 19.4. The van der Waals surface area contributed by atoms with Crippen LogP contribution in [0.3, 0.4) is 0 Å². The molecule has 8 nitrogen and oxygen atoms in total. The van der Waals surface area contributed by atoms with Gasteiger partial charge in [0.25, 0.3) is 0 Å². The molecule has 0 rings (SSSR count). The summed E-state index contributed by atoms with van der Waals surface area (Å²) in [5, 5.41) is 56.5. The summed E-state index contributed by atoms with van der Waals surface area (Å²) in [6, 6.07) is 0. The molecule has 0 saturated heterocycles. The van der Waals surface area contributed by atoms with Gasteiger partial charge >= 0.3 is 5.97 Å². The van der Waals surface area contributed by atoms with Crippen molar-refractivity contribution in [2.24, 2.45) is 0 Å². The standard InChI is InChI=1S/C24H44O8/c1-2-3-4-5-6-7-8-9-10-11-12-13-14-15-16-17-20(27)32-24(31)23(30)22(29)21(28)19(26)18-25/h6-7,9-10,19,21-26,28-31H,2-5,8,11-18H2,1H3/b7-6-,10-9-/t19-,21-,22+,23+,24?/m1/s1. The topological polar surface area (TPSA) is 148 Å². The molecule has 1 unspecified atom stereocenters. The average Bonchev–Trinajstić information content (AvgIpc) is 2.79. The van der Waals surface area contributed by atoms with Crippen LogP contribution in [-0.2, 0) is 9.53 Å². The van der Waals surface area contributed by atoms with Gasteiger partial charge in [-0.2, -0.15) is 0 Å². The van der Waals surface area contributed by atoms with Crippen LogP contribution in [0.5, 0.6) is 0 Å². The van der Waals surface area contributed by atoms with E-state index in [1.165, 1.54) is 19.3 Å². The summed E-state index contributed by atoms with van der Waals surface area (Å²) in [6.45, 7) is 1.37. The quantitative estimate of drug-likeness (QED) is 0.0700. The number of unbranched alkanes of at least 4 members (excludes halogenated alkanes) is 8. The number of hydrogen-bond acceptors (Lipinski definition) is 8. The zero-order valence-electron chi connectivity index (χ0n) is 19.4. The van der Waals surface area contributed by atoms with E-state index >= 15 is 0 Å². The molecule has 0 heterocycles. The molecule has 0 aromatic carbocycles. The minimum Gasteiger partial charge on any atom is -0.433 e. The average molecular weight is 461 g/mol. The first-order valence-electron chi connectivity index (χ1n) is 11.9. The molecule has 5 atom stereocenters. The monoisotopic (exact) mass is 460 g/mol. The van der Waals surface area contributed by atoms with Gasteiger partial charge in [-0.15, -0.1) is 0 Å². The number of ether oxygens (including phenoxy) is 1. The summed E-state index contributed by atoms with van der Waals surface area (Å²) in [5.74, 6) is -0.730. The Bertz CT molecular complexity index is 508. The summed E-state index contributed by atoms with van der Waals surface area (Å²) < 4.78 is 4.65. The molecule has 0 aromatic rings. The largest absolute Gasteiger partial charge is 0.433 e. The van der Waals surface area contributed by atoms with Gasteiger partial charge in [0.2, 0.25) is 6.29 Å². The predicted octanol–water partition coefficient (Wildman–Crippen LogP) is 2.10. The van der Waals surface area contributed by atoms with Crippen LogP contribution in [0.4, 0.5) is 0 Å². The molecule has 0 aliphatic rings. The second-order valence-corrected chi connectivity index (χ2v) is 8.08. The van der Waals surface area contributed by atoms with Crippen LogP contribution in [-0.4, -0.2) is 73.9 Å². The number of aliphatic hydroxyl groups is 6. The van der Waals surface area contributed by atoms with Gasteiger partial charge in [-0.1, -0.05) is 63.3 Å². The fourth-order valence-corrected chi connectivity index (χ4v) is 3.05. The minimum absolute atomic E-state index is 0.0617. The Morgan fingerprint density at radius 2 is 1.31 bits per heavy atom. The molecule has 0 aliphatic heterocycles. The molecule has 0 amide bonds. The highest BCUT2D eigenvalue weighted by Gasteiger charge is 2.35. The summed E-state index contributed by atoms with van der Waals surface area (Å²) in [4.78, 5) is 11.7. The number of carbonyl (C=O) groups excluding carboxylic acids is 1. The van der Waals surface area contributed by atoms with Gasteiger partial charge in [0, 0.05) is 6.42 Å². The zero-order chi connectivity index (χ0) is 24.2. The lowest BCUT2D eigenvalue weighted by atomic mass is 10.0. The predicted molar refractivity (Wildman–Crippen MR) is 123 cm³/mol. The smallest absolute Gasteiger partial charge is 0.308 e. The van der Waals surface area contributed by atoms with Crippen molar-refractivity contribution in [2.75, 3.05) is 6.61 Å². The Hall–Kier alpha value is -1.29. The molecule has 0 aliphatic carbocycles. The molecule has 188 valence electrons. The van der Waals surface area contributed by atoms with Crippen LogP contribution in [0.2, 0.25) is 0 Å². The van der Waals surface area contributed by atoms with E-state index in [2.05, 4.69) is 36.0 Å². The number of carbonyl (C=O) groups is 1. The fourth-order valence-electron chi connectivity index (χ4n) is 3.05. The first-order valence-corrected chi connectivity index (χ1v) is 11.9. The van der Waals surface area contributed by atoms with Crippen molar-refractivity contribution in [3.8, 4) is 0 Å². The van der Waals surface area contributed by atoms with Crippen molar-refractivity contribution in [3.63, 3.8) is 0 Å². The van der Waals surface area contributed by atoms with E-state index in [0.717, 1.165) is 44.9 Å². The maximum Gasteiger partial charge on any atom is 0.308 e. The maximum atomic E-state index is 11.7. The normalized spacial score (nSPS) is 16.8. The van der Waals surface area contributed by atoms with Crippen molar-refractivity contribution >= 4 is 5.97 Å². The highest BCUT2D eigenvalue weighted by Crippen LogP contribution is 2.12. The third kappa shape index (κ3) is 15.5. The molecule has 0 fully saturated rings. The van der Waals surface area contributed by atoms with Crippen LogP contribution >= 0.6 is 0 Å². The van der Waals surface area contributed by atoms with Gasteiger partial charge < -0.3 is 35.4 Å². The molecule has 32 heavy (non-hydrogen) atoms. The molecule has 0 saturated carbocycles. The lowest BCUT2D eigenvalue weighted by Crippen LogP contribution is -2.50. The van der Waals surface area contributed by atoms with Crippen LogP contribution < -0.4 is 0 Å². The van der Waals surface area contributed by atoms with E-state index in [9.17, 15) is 30.3 Å². The summed E-state index contributed by atoms with van der Waals surface area (Å²) >= 11 is 0. The van der Waals surface area contributed by atoms with Gasteiger partial charge in [-0.3, -0.25) is 4.79 Å². The summed E-state index contributed by atoms with van der Waals surface area (Å²) in [5.41, 5.74) is 0. The van der Waals surface area contributed by atoms with Crippen molar-refractivity contribution in [1.29, 1.82) is 0 Å². The Balaban J connectivity index is 3.75. The Kier molecular flexibility index (Phi) is 19.5. The number of hydrogen-bond donors (Lipinski definition) is 6. The van der Waals surface area contributed by atoms with E-state index in [1.807, 2.05) is 0 Å². The summed E-state index contributed by atoms with van der Waals surface area (Å²) in [6.07, 6.45) is 10.8. The van der Waals surface area contributed by atoms with Crippen LogP contribution in [0.1, 0.15) is 84.0 Å². The van der Waals surface area contributed by atoms with E-state index in [4.69, 9.17) is 5.11 Å². The molecule has 0 spiro atoms. The van der Waals surface area contributed by atoms with E-state index < -0.39 is 43.3 Å². The second-order valence-electron chi connectivity index (χ2n) is 8.08. The fraction of sp³-hybridized carbons (Fsp3) is 0.792. The van der Waals surface area contributed by atoms with Gasteiger partial charge in [-0.25, -0.2) is 0 Å². The minimum atomic E-state index is -2.05. The van der Waals surface area contributed by atoms with Gasteiger partial charge in [0.1, 0.15) is 24.4 Å². The molecule has 0 radical (unpaired) electrons. The SMILES string of the molecule is CCCCC/C=C\C/C=C\CCCCCCCC(=O)OC(O)[C@@H](O)[C@@H](O)[C@H](O)[C@H](O)CO. The third-order valence-electron chi connectivity index (χ3n) is 5.16. The Labute approximate surface area is 192 Å². The van der Waals surface area contributed by atoms with Crippen molar-refractivity contribution in [3.05, 3.63) is 24.3 Å². The van der Waals surface area contributed by atoms with Gasteiger partial charge in [0.05, 0.1) is 6.61 Å². The Morgan fingerprint density at radius 1 is 0.750 bits per heavy atom. The van der Waals surface area contributed by atoms with Crippen molar-refractivity contribution in [2.45, 2.75) is 115 Å².